The van der Waals surface area contributed by atoms with Crippen molar-refractivity contribution in [1.82, 2.24) is 10.2 Å². The molecule has 0 spiro atoms. The molecule has 0 aliphatic heterocycles. The lowest BCUT2D eigenvalue weighted by molar-refractivity contribution is 0.0948. The first-order valence-electron chi connectivity index (χ1n) is 11.5. The maximum absolute atomic E-state index is 12.9. The first kappa shape index (κ1) is 24.9. The Bertz CT molecular complexity index is 1140. The van der Waals surface area contributed by atoms with Gasteiger partial charge in [0.1, 0.15) is 6.29 Å². The highest BCUT2D eigenvalue weighted by atomic mass is 16.2. The van der Waals surface area contributed by atoms with Crippen molar-refractivity contribution >= 4 is 23.8 Å². The molecular formula is C28H31N3O3. The van der Waals surface area contributed by atoms with Crippen LogP contribution in [-0.2, 0) is 13.1 Å². The van der Waals surface area contributed by atoms with Crippen LogP contribution in [0.15, 0.2) is 72.8 Å². The molecule has 0 heterocycles. The van der Waals surface area contributed by atoms with Gasteiger partial charge in [-0.1, -0.05) is 56.3 Å². The molecule has 0 radical (unpaired) electrons. The van der Waals surface area contributed by atoms with Crippen molar-refractivity contribution in [3.63, 3.8) is 0 Å². The summed E-state index contributed by atoms with van der Waals surface area (Å²) in [6.07, 6.45) is 0.738. The average Bonchev–Trinajstić information content (AvgIpc) is 2.90. The number of hydrogen-bond donors (Lipinski definition) is 1. The third kappa shape index (κ3) is 6.17. The fourth-order valence-electron chi connectivity index (χ4n) is 3.72. The predicted molar refractivity (Wildman–Crippen MR) is 135 cm³/mol. The highest BCUT2D eigenvalue weighted by Crippen LogP contribution is 2.18. The third-order valence-corrected chi connectivity index (χ3v) is 5.94. The zero-order valence-corrected chi connectivity index (χ0v) is 20.0. The molecule has 6 nitrogen and oxygen atoms in total. The van der Waals surface area contributed by atoms with Gasteiger partial charge in [-0.25, -0.2) is 0 Å². The lowest BCUT2D eigenvalue weighted by atomic mass is 10.1. The summed E-state index contributed by atoms with van der Waals surface area (Å²) in [4.78, 5) is 40.4. The summed E-state index contributed by atoms with van der Waals surface area (Å²) in [6.45, 7) is 7.49. The average molecular weight is 458 g/mol. The van der Waals surface area contributed by atoms with E-state index in [-0.39, 0.29) is 11.8 Å². The van der Waals surface area contributed by atoms with Gasteiger partial charge in [-0.05, 0) is 54.5 Å². The minimum atomic E-state index is -0.222. The number of benzene rings is 3. The number of carbonyl (C=O) groups is 3. The highest BCUT2D eigenvalue weighted by molar-refractivity contribution is 6.06. The molecule has 0 aromatic heterocycles. The molecule has 0 saturated heterocycles. The van der Waals surface area contributed by atoms with E-state index in [0.717, 1.165) is 31.5 Å². The summed E-state index contributed by atoms with van der Waals surface area (Å²) in [5.74, 6) is -0.420. The summed E-state index contributed by atoms with van der Waals surface area (Å²) < 4.78 is 0. The number of anilines is 1. The van der Waals surface area contributed by atoms with Crippen molar-refractivity contribution in [1.29, 1.82) is 0 Å². The van der Waals surface area contributed by atoms with E-state index < -0.39 is 0 Å². The van der Waals surface area contributed by atoms with Crippen LogP contribution in [0.3, 0.4) is 0 Å². The van der Waals surface area contributed by atoms with Crippen LogP contribution in [0.1, 0.15) is 56.0 Å². The van der Waals surface area contributed by atoms with E-state index in [0.29, 0.717) is 28.9 Å². The van der Waals surface area contributed by atoms with Crippen LogP contribution < -0.4 is 10.2 Å². The number of hydrogen-bond acceptors (Lipinski definition) is 4. The summed E-state index contributed by atoms with van der Waals surface area (Å²) >= 11 is 0. The Morgan fingerprint density at radius 1 is 0.853 bits per heavy atom. The van der Waals surface area contributed by atoms with Gasteiger partial charge in [0, 0.05) is 42.5 Å². The van der Waals surface area contributed by atoms with Crippen molar-refractivity contribution in [2.24, 2.45) is 0 Å². The van der Waals surface area contributed by atoms with Crippen molar-refractivity contribution in [3.8, 4) is 0 Å². The molecule has 3 aromatic carbocycles. The Kier molecular flexibility index (Phi) is 8.71. The van der Waals surface area contributed by atoms with Crippen LogP contribution in [0.25, 0.3) is 0 Å². The van der Waals surface area contributed by atoms with Crippen LogP contribution in [-0.4, -0.2) is 43.1 Å². The number of nitrogens with zero attached hydrogens (tertiary/aromatic N) is 2. The van der Waals surface area contributed by atoms with Crippen LogP contribution in [0.2, 0.25) is 0 Å². The van der Waals surface area contributed by atoms with E-state index in [9.17, 15) is 14.4 Å². The van der Waals surface area contributed by atoms with Crippen LogP contribution >= 0.6 is 0 Å². The first-order valence-corrected chi connectivity index (χ1v) is 11.5. The fourth-order valence-corrected chi connectivity index (χ4v) is 3.72. The van der Waals surface area contributed by atoms with Crippen LogP contribution in [0.5, 0.6) is 0 Å². The van der Waals surface area contributed by atoms with E-state index in [1.807, 2.05) is 18.2 Å². The molecule has 0 bridgehead atoms. The molecule has 2 amide bonds. The van der Waals surface area contributed by atoms with Crippen molar-refractivity contribution < 1.29 is 14.4 Å². The number of aldehydes is 1. The van der Waals surface area contributed by atoms with Gasteiger partial charge in [-0.2, -0.15) is 0 Å². The van der Waals surface area contributed by atoms with Crippen LogP contribution in [0, 0.1) is 0 Å². The Hall–Kier alpha value is -3.77. The molecule has 3 rings (SSSR count). The monoisotopic (exact) mass is 457 g/mol. The van der Waals surface area contributed by atoms with E-state index >= 15 is 0 Å². The molecule has 0 aliphatic rings. The zero-order valence-electron chi connectivity index (χ0n) is 20.0. The Morgan fingerprint density at radius 2 is 1.53 bits per heavy atom. The molecule has 0 atom stereocenters. The number of nitrogens with one attached hydrogen (secondary N) is 1. The SMILES string of the molecule is CCN(CC)Cc1ccccc1CNC(=O)c1cccc(N(C)C(=O)c2ccc(C=O)cc2)c1. The molecule has 0 aliphatic carbocycles. The van der Waals surface area contributed by atoms with Gasteiger partial charge in [0.05, 0.1) is 0 Å². The minimum Gasteiger partial charge on any atom is -0.348 e. The molecule has 0 saturated carbocycles. The molecular weight excluding hydrogens is 426 g/mol. The van der Waals surface area contributed by atoms with E-state index in [4.69, 9.17) is 0 Å². The molecule has 34 heavy (non-hydrogen) atoms. The minimum absolute atomic E-state index is 0.198. The number of rotatable bonds is 10. The van der Waals surface area contributed by atoms with E-state index in [2.05, 4.69) is 30.1 Å². The number of amides is 2. The molecule has 6 heteroatoms. The summed E-state index contributed by atoms with van der Waals surface area (Å²) in [7, 11) is 1.66. The predicted octanol–water partition coefficient (Wildman–Crippen LogP) is 4.55. The van der Waals surface area contributed by atoms with Gasteiger partial charge in [0.25, 0.3) is 11.8 Å². The highest BCUT2D eigenvalue weighted by Gasteiger charge is 2.16. The number of carbonyl (C=O) groups excluding carboxylic acids is 3. The van der Waals surface area contributed by atoms with Crippen molar-refractivity contribution in [2.75, 3.05) is 25.0 Å². The summed E-state index contributed by atoms with van der Waals surface area (Å²) in [5.41, 5.74) is 4.36. The van der Waals surface area contributed by atoms with Crippen molar-refractivity contribution in [3.05, 3.63) is 101 Å². The quantitative estimate of drug-likeness (QED) is 0.454. The molecule has 176 valence electrons. The largest absolute Gasteiger partial charge is 0.348 e. The van der Waals surface area contributed by atoms with Gasteiger partial charge in [-0.15, -0.1) is 0 Å². The molecule has 0 unspecified atom stereocenters. The standard InChI is InChI=1S/C28H31N3O3/c1-4-31(5-2)19-25-10-7-6-9-24(25)18-29-27(33)23-11-8-12-26(17-23)30(3)28(34)22-15-13-21(20-32)14-16-22/h6-17,20H,4-5,18-19H2,1-3H3,(H,29,33). The van der Waals surface area contributed by atoms with Gasteiger partial charge >= 0.3 is 0 Å². The zero-order chi connectivity index (χ0) is 24.5. The van der Waals surface area contributed by atoms with Gasteiger partial charge < -0.3 is 10.2 Å². The Labute approximate surface area is 201 Å². The second-order valence-electron chi connectivity index (χ2n) is 8.07. The third-order valence-electron chi connectivity index (χ3n) is 5.94. The maximum atomic E-state index is 12.9. The van der Waals surface area contributed by atoms with E-state index in [1.54, 1.807) is 55.6 Å². The summed E-state index contributed by atoms with van der Waals surface area (Å²) in [6, 6.07) is 21.6. The van der Waals surface area contributed by atoms with Gasteiger partial charge in [0.15, 0.2) is 0 Å². The molecule has 3 aromatic rings. The second kappa shape index (κ2) is 11.9. The summed E-state index contributed by atoms with van der Waals surface area (Å²) in [5, 5.41) is 3.01. The molecule has 0 fully saturated rings. The molecule has 1 N–H and O–H groups in total. The lowest BCUT2D eigenvalue weighted by Crippen LogP contribution is -2.28. The normalized spacial score (nSPS) is 10.7. The Morgan fingerprint density at radius 3 is 2.18 bits per heavy atom. The van der Waals surface area contributed by atoms with E-state index in [1.165, 1.54) is 10.5 Å². The maximum Gasteiger partial charge on any atom is 0.258 e. The topological polar surface area (TPSA) is 69.7 Å². The van der Waals surface area contributed by atoms with Crippen molar-refractivity contribution in [2.45, 2.75) is 26.9 Å². The smallest absolute Gasteiger partial charge is 0.258 e. The fraction of sp³-hybridized carbons (Fsp3) is 0.250. The van der Waals surface area contributed by atoms with Crippen LogP contribution in [0.4, 0.5) is 5.69 Å². The Balaban J connectivity index is 1.69. The van der Waals surface area contributed by atoms with Gasteiger partial charge in [-0.3, -0.25) is 19.3 Å². The van der Waals surface area contributed by atoms with Gasteiger partial charge in [0.2, 0.25) is 0 Å². The second-order valence-corrected chi connectivity index (χ2v) is 8.07. The first-order chi connectivity index (χ1) is 16.5. The lowest BCUT2D eigenvalue weighted by Gasteiger charge is -2.20.